The third-order valence-corrected chi connectivity index (χ3v) is 5.15. The van der Waals surface area contributed by atoms with E-state index >= 15 is 0 Å². The number of nitrogens with one attached hydrogen (secondary N) is 1. The Hall–Kier alpha value is -3.60. The molecule has 1 aliphatic heterocycles. The lowest BCUT2D eigenvalue weighted by atomic mass is 10.0. The monoisotopic (exact) mass is 400 g/mol. The fourth-order valence-corrected chi connectivity index (χ4v) is 3.60. The van der Waals surface area contributed by atoms with E-state index in [1.807, 2.05) is 72.8 Å². The van der Waals surface area contributed by atoms with Crippen LogP contribution >= 0.6 is 0 Å². The highest BCUT2D eigenvalue weighted by Gasteiger charge is 2.22. The Labute approximate surface area is 176 Å². The smallest absolute Gasteiger partial charge is 0.265 e. The summed E-state index contributed by atoms with van der Waals surface area (Å²) in [4.78, 5) is 26.5. The van der Waals surface area contributed by atoms with Gasteiger partial charge in [-0.05, 0) is 37.1 Å². The Morgan fingerprint density at radius 3 is 2.53 bits per heavy atom. The largest absolute Gasteiger partial charge is 0.481 e. The van der Waals surface area contributed by atoms with E-state index in [0.29, 0.717) is 18.7 Å². The van der Waals surface area contributed by atoms with Gasteiger partial charge in [0.05, 0.1) is 0 Å². The first-order chi connectivity index (χ1) is 14.6. The Morgan fingerprint density at radius 2 is 1.77 bits per heavy atom. The first-order valence-corrected chi connectivity index (χ1v) is 10.1. The van der Waals surface area contributed by atoms with E-state index in [4.69, 9.17) is 4.74 Å². The molecule has 0 saturated carbocycles. The summed E-state index contributed by atoms with van der Waals surface area (Å²) >= 11 is 0. The molecule has 1 atom stereocenters. The number of hydrogen-bond acceptors (Lipinski definition) is 3. The van der Waals surface area contributed by atoms with Crippen molar-refractivity contribution in [1.82, 2.24) is 0 Å². The number of amides is 2. The zero-order valence-corrected chi connectivity index (χ0v) is 16.9. The van der Waals surface area contributed by atoms with Crippen molar-refractivity contribution < 1.29 is 14.3 Å². The van der Waals surface area contributed by atoms with Crippen molar-refractivity contribution in [1.29, 1.82) is 0 Å². The van der Waals surface area contributed by atoms with Gasteiger partial charge in [0, 0.05) is 36.0 Å². The molecule has 1 saturated heterocycles. The summed E-state index contributed by atoms with van der Waals surface area (Å²) in [6, 6.07) is 25.0. The molecule has 1 heterocycles. The maximum atomic E-state index is 12.8. The van der Waals surface area contributed by atoms with E-state index in [2.05, 4.69) is 5.32 Å². The quantitative estimate of drug-likeness (QED) is 0.641. The maximum absolute atomic E-state index is 12.8. The Kier molecular flexibility index (Phi) is 5.80. The lowest BCUT2D eigenvalue weighted by Crippen LogP contribution is -2.30. The minimum atomic E-state index is -0.696. The molecule has 0 aliphatic carbocycles. The summed E-state index contributed by atoms with van der Waals surface area (Å²) in [6.45, 7) is 2.43. The molecule has 5 nitrogen and oxygen atoms in total. The zero-order chi connectivity index (χ0) is 20.9. The van der Waals surface area contributed by atoms with Crippen molar-refractivity contribution in [3.63, 3.8) is 0 Å². The second-order valence-electron chi connectivity index (χ2n) is 7.31. The van der Waals surface area contributed by atoms with Gasteiger partial charge < -0.3 is 15.0 Å². The predicted molar refractivity (Wildman–Crippen MR) is 119 cm³/mol. The van der Waals surface area contributed by atoms with Crippen LogP contribution in [0.15, 0.2) is 78.9 Å². The summed E-state index contributed by atoms with van der Waals surface area (Å²) < 4.78 is 5.88. The molecule has 1 N–H and O–H groups in total. The van der Waals surface area contributed by atoms with Gasteiger partial charge in [0.2, 0.25) is 5.91 Å². The zero-order valence-electron chi connectivity index (χ0n) is 16.9. The van der Waals surface area contributed by atoms with Gasteiger partial charge in [0.15, 0.2) is 6.10 Å². The van der Waals surface area contributed by atoms with Gasteiger partial charge in [0.25, 0.3) is 5.91 Å². The number of para-hydroxylation sites is 1. The van der Waals surface area contributed by atoms with Gasteiger partial charge in [0.1, 0.15) is 5.75 Å². The average Bonchev–Trinajstić information content (AvgIpc) is 3.21. The van der Waals surface area contributed by atoms with Crippen molar-refractivity contribution in [3.8, 4) is 16.9 Å². The fraction of sp³-hybridized carbons (Fsp3) is 0.200. The molecule has 2 amide bonds. The number of hydrogen-bond donors (Lipinski definition) is 1. The molecule has 3 aromatic rings. The molecule has 30 heavy (non-hydrogen) atoms. The number of benzene rings is 3. The average molecular weight is 400 g/mol. The summed E-state index contributed by atoms with van der Waals surface area (Å²) in [5.74, 6) is 0.447. The lowest BCUT2D eigenvalue weighted by Gasteiger charge is -2.19. The third kappa shape index (κ3) is 4.35. The van der Waals surface area contributed by atoms with E-state index in [9.17, 15) is 9.59 Å². The predicted octanol–water partition coefficient (Wildman–Crippen LogP) is 4.89. The van der Waals surface area contributed by atoms with Crippen LogP contribution < -0.4 is 15.0 Å². The lowest BCUT2D eigenvalue weighted by molar-refractivity contribution is -0.122. The van der Waals surface area contributed by atoms with Crippen LogP contribution in [-0.4, -0.2) is 24.5 Å². The number of rotatable bonds is 6. The normalized spacial score (nSPS) is 14.4. The van der Waals surface area contributed by atoms with E-state index in [1.54, 1.807) is 17.9 Å². The Balaban J connectivity index is 1.46. The van der Waals surface area contributed by atoms with Gasteiger partial charge in [-0.1, -0.05) is 54.6 Å². The van der Waals surface area contributed by atoms with Crippen LogP contribution in [0.5, 0.6) is 5.75 Å². The molecule has 0 spiro atoms. The molecule has 0 aromatic heterocycles. The third-order valence-electron chi connectivity index (χ3n) is 5.15. The number of carbonyl (C=O) groups is 2. The molecular formula is C25H24N2O3. The summed E-state index contributed by atoms with van der Waals surface area (Å²) in [7, 11) is 0. The molecular weight excluding hydrogens is 376 g/mol. The van der Waals surface area contributed by atoms with Crippen LogP contribution in [0.4, 0.5) is 11.4 Å². The van der Waals surface area contributed by atoms with Gasteiger partial charge in [-0.25, -0.2) is 0 Å². The standard InChI is InChI=1S/C25H24N2O3/c1-18(30-21-12-7-11-20(17-21)27-16-8-15-24(27)28)25(29)26-23-14-6-5-13-22(23)19-9-3-2-4-10-19/h2-7,9-14,17-18H,8,15-16H2,1H3,(H,26,29)/t18-/m1/s1. The highest BCUT2D eigenvalue weighted by Crippen LogP contribution is 2.29. The van der Waals surface area contributed by atoms with Crippen molar-refractivity contribution in [2.75, 3.05) is 16.8 Å². The topological polar surface area (TPSA) is 58.6 Å². The van der Waals surface area contributed by atoms with Gasteiger partial charge >= 0.3 is 0 Å². The van der Waals surface area contributed by atoms with Crippen molar-refractivity contribution >= 4 is 23.2 Å². The summed E-state index contributed by atoms with van der Waals surface area (Å²) in [5.41, 5.74) is 3.52. The molecule has 1 aliphatic rings. The van der Waals surface area contributed by atoms with Gasteiger partial charge in [-0.2, -0.15) is 0 Å². The molecule has 152 valence electrons. The molecule has 4 rings (SSSR count). The van der Waals surface area contributed by atoms with E-state index in [-0.39, 0.29) is 11.8 Å². The number of anilines is 2. The van der Waals surface area contributed by atoms with Crippen LogP contribution in [0.3, 0.4) is 0 Å². The maximum Gasteiger partial charge on any atom is 0.265 e. The van der Waals surface area contributed by atoms with Gasteiger partial charge in [-0.15, -0.1) is 0 Å². The number of ether oxygens (including phenoxy) is 1. The van der Waals surface area contributed by atoms with Crippen LogP contribution in [0, 0.1) is 0 Å². The van der Waals surface area contributed by atoms with E-state index in [0.717, 1.165) is 28.9 Å². The Morgan fingerprint density at radius 1 is 1.00 bits per heavy atom. The van der Waals surface area contributed by atoms with Crippen LogP contribution in [-0.2, 0) is 9.59 Å². The van der Waals surface area contributed by atoms with Crippen LogP contribution in [0.25, 0.3) is 11.1 Å². The van der Waals surface area contributed by atoms with Crippen molar-refractivity contribution in [2.45, 2.75) is 25.9 Å². The summed E-state index contributed by atoms with van der Waals surface area (Å²) in [5, 5.41) is 2.98. The second-order valence-corrected chi connectivity index (χ2v) is 7.31. The molecule has 5 heteroatoms. The van der Waals surface area contributed by atoms with Crippen molar-refractivity contribution in [2.24, 2.45) is 0 Å². The highest BCUT2D eigenvalue weighted by atomic mass is 16.5. The first kappa shape index (κ1) is 19.7. The first-order valence-electron chi connectivity index (χ1n) is 10.1. The molecule has 0 bridgehead atoms. The molecule has 3 aromatic carbocycles. The summed E-state index contributed by atoms with van der Waals surface area (Å²) in [6.07, 6.45) is 0.743. The van der Waals surface area contributed by atoms with Crippen molar-refractivity contribution in [3.05, 3.63) is 78.9 Å². The van der Waals surface area contributed by atoms with Crippen LogP contribution in [0.1, 0.15) is 19.8 Å². The minimum absolute atomic E-state index is 0.121. The second kappa shape index (κ2) is 8.82. The van der Waals surface area contributed by atoms with E-state index < -0.39 is 6.10 Å². The van der Waals surface area contributed by atoms with E-state index in [1.165, 1.54) is 0 Å². The molecule has 1 fully saturated rings. The number of carbonyl (C=O) groups excluding carboxylic acids is 2. The van der Waals surface area contributed by atoms with Crippen LogP contribution in [0.2, 0.25) is 0 Å². The minimum Gasteiger partial charge on any atom is -0.481 e. The fourth-order valence-electron chi connectivity index (χ4n) is 3.60. The Bertz CT molecular complexity index is 1050. The highest BCUT2D eigenvalue weighted by molar-refractivity contribution is 5.98. The molecule has 0 unspecified atom stereocenters. The SMILES string of the molecule is C[C@@H](Oc1cccc(N2CCCC2=O)c1)C(=O)Nc1ccccc1-c1ccccc1. The number of nitrogens with zero attached hydrogens (tertiary/aromatic N) is 1. The molecule has 0 radical (unpaired) electrons. The van der Waals surface area contributed by atoms with Gasteiger partial charge in [-0.3, -0.25) is 9.59 Å².